The van der Waals surface area contributed by atoms with Crippen molar-refractivity contribution >= 4 is 70.9 Å². The largest absolute Gasteiger partial charge is 0.309 e. The van der Waals surface area contributed by atoms with Gasteiger partial charge in [-0.15, -0.1) is 0 Å². The van der Waals surface area contributed by atoms with E-state index in [1.807, 2.05) is 0 Å². The van der Waals surface area contributed by atoms with Crippen LogP contribution in [0.4, 0.5) is 17.1 Å². The molecule has 1 nitrogen and oxygen atoms in total. The lowest BCUT2D eigenvalue weighted by molar-refractivity contribution is 1.30. The van der Waals surface area contributed by atoms with Gasteiger partial charge in [0.15, 0.2) is 0 Å². The molecule has 0 amide bonds. The van der Waals surface area contributed by atoms with Crippen molar-refractivity contribution in [3.05, 3.63) is 200 Å². The SMILES string of the molecule is c1ccc(N(c2ccccc2-c2ccc(-c3cc4c5ccccc5ccc4c4ccccc34)cc2)c2cc3ccccc3c3ccccc23)cc1. The Morgan fingerprint density at radius 1 is 0.255 bits per heavy atom. The zero-order chi connectivity index (χ0) is 33.7. The predicted octanol–water partition coefficient (Wildman–Crippen LogP) is 14.3. The maximum Gasteiger partial charge on any atom is 0.0546 e. The van der Waals surface area contributed by atoms with Gasteiger partial charge >= 0.3 is 0 Å². The van der Waals surface area contributed by atoms with Crippen molar-refractivity contribution in [2.75, 3.05) is 4.90 Å². The fourth-order valence-corrected chi connectivity index (χ4v) is 8.05. The summed E-state index contributed by atoms with van der Waals surface area (Å²) in [7, 11) is 0. The number of nitrogens with zero attached hydrogens (tertiary/aromatic N) is 1. The zero-order valence-corrected chi connectivity index (χ0v) is 28.0. The smallest absolute Gasteiger partial charge is 0.0546 e. The van der Waals surface area contributed by atoms with Crippen LogP contribution in [-0.4, -0.2) is 0 Å². The van der Waals surface area contributed by atoms with Crippen molar-refractivity contribution in [3.8, 4) is 22.3 Å². The standard InChI is InChI=1S/C50H33N/c1-2-16-38(17-3-1)51(50-32-37-15-5-7-19-40(37)42-21-10-11-24-46(42)50)49-25-13-12-20-41(49)35-26-28-36(29-27-35)47-33-48-39-18-6-4-14-34(39)30-31-45(48)43-22-8-9-23-44(43)47/h1-33H. The van der Waals surface area contributed by atoms with E-state index in [2.05, 4.69) is 205 Å². The fourth-order valence-electron chi connectivity index (χ4n) is 8.05. The van der Waals surface area contributed by atoms with E-state index in [9.17, 15) is 0 Å². The molecule has 238 valence electrons. The summed E-state index contributed by atoms with van der Waals surface area (Å²) in [5.74, 6) is 0. The molecule has 0 saturated heterocycles. The highest BCUT2D eigenvalue weighted by molar-refractivity contribution is 6.21. The first-order valence-electron chi connectivity index (χ1n) is 17.6. The predicted molar refractivity (Wildman–Crippen MR) is 220 cm³/mol. The van der Waals surface area contributed by atoms with E-state index in [1.165, 1.54) is 76.1 Å². The van der Waals surface area contributed by atoms with Crippen molar-refractivity contribution in [1.29, 1.82) is 0 Å². The van der Waals surface area contributed by atoms with Crippen LogP contribution in [0.25, 0.3) is 76.1 Å². The molecule has 1 heteroatoms. The Kier molecular flexibility index (Phi) is 6.89. The van der Waals surface area contributed by atoms with Gasteiger partial charge in [-0.3, -0.25) is 0 Å². The minimum absolute atomic E-state index is 1.12. The van der Waals surface area contributed by atoms with E-state index in [-0.39, 0.29) is 0 Å². The average molecular weight is 648 g/mol. The molecule has 51 heavy (non-hydrogen) atoms. The molecule has 10 rings (SSSR count). The van der Waals surface area contributed by atoms with Crippen LogP contribution in [0.15, 0.2) is 200 Å². The molecular formula is C50H33N. The van der Waals surface area contributed by atoms with Gasteiger partial charge in [-0.25, -0.2) is 0 Å². The molecule has 0 spiro atoms. The molecule has 10 aromatic rings. The van der Waals surface area contributed by atoms with Crippen LogP contribution >= 0.6 is 0 Å². The number of hydrogen-bond acceptors (Lipinski definition) is 1. The topological polar surface area (TPSA) is 3.24 Å². The molecule has 0 atom stereocenters. The highest BCUT2D eigenvalue weighted by Gasteiger charge is 2.20. The minimum atomic E-state index is 1.12. The van der Waals surface area contributed by atoms with E-state index in [4.69, 9.17) is 0 Å². The van der Waals surface area contributed by atoms with Gasteiger partial charge in [0.1, 0.15) is 0 Å². The molecule has 0 radical (unpaired) electrons. The molecule has 0 aliphatic carbocycles. The lowest BCUT2D eigenvalue weighted by Crippen LogP contribution is -2.11. The van der Waals surface area contributed by atoms with Crippen molar-refractivity contribution in [1.82, 2.24) is 0 Å². The van der Waals surface area contributed by atoms with E-state index in [0.717, 1.165) is 17.1 Å². The van der Waals surface area contributed by atoms with E-state index in [0.29, 0.717) is 0 Å². The summed E-state index contributed by atoms with van der Waals surface area (Å²) >= 11 is 0. The Balaban J connectivity index is 1.15. The van der Waals surface area contributed by atoms with Crippen LogP contribution in [0, 0.1) is 0 Å². The third-order valence-electron chi connectivity index (χ3n) is 10.4. The highest BCUT2D eigenvalue weighted by Crippen LogP contribution is 2.46. The van der Waals surface area contributed by atoms with Crippen LogP contribution in [0.5, 0.6) is 0 Å². The van der Waals surface area contributed by atoms with Crippen molar-refractivity contribution in [3.63, 3.8) is 0 Å². The van der Waals surface area contributed by atoms with Crippen molar-refractivity contribution < 1.29 is 0 Å². The first kappa shape index (κ1) is 29.2. The number of rotatable bonds is 5. The molecule has 0 N–H and O–H groups in total. The number of hydrogen-bond donors (Lipinski definition) is 0. The van der Waals surface area contributed by atoms with Gasteiger partial charge in [-0.1, -0.05) is 170 Å². The monoisotopic (exact) mass is 647 g/mol. The highest BCUT2D eigenvalue weighted by atomic mass is 15.1. The number of fused-ring (bicyclic) bond motifs is 8. The van der Waals surface area contributed by atoms with Gasteiger partial charge in [-0.2, -0.15) is 0 Å². The molecule has 0 aromatic heterocycles. The number of para-hydroxylation sites is 2. The molecule has 0 fully saturated rings. The van der Waals surface area contributed by atoms with Gasteiger partial charge in [0.05, 0.1) is 11.4 Å². The molecule has 0 saturated carbocycles. The van der Waals surface area contributed by atoms with Crippen LogP contribution in [0.3, 0.4) is 0 Å². The summed E-state index contributed by atoms with van der Waals surface area (Å²) in [6.45, 7) is 0. The third kappa shape index (κ3) is 4.86. The average Bonchev–Trinajstić information content (AvgIpc) is 3.21. The van der Waals surface area contributed by atoms with Crippen LogP contribution in [0.1, 0.15) is 0 Å². The maximum absolute atomic E-state index is 2.43. The Morgan fingerprint density at radius 2 is 0.765 bits per heavy atom. The summed E-state index contributed by atoms with van der Waals surface area (Å²) in [4.78, 5) is 2.43. The first-order valence-corrected chi connectivity index (χ1v) is 17.6. The van der Waals surface area contributed by atoms with Gasteiger partial charge in [0.2, 0.25) is 0 Å². The fraction of sp³-hybridized carbons (Fsp3) is 0. The number of anilines is 3. The van der Waals surface area contributed by atoms with Gasteiger partial charge < -0.3 is 4.90 Å². The summed E-state index contributed by atoms with van der Waals surface area (Å²) in [5, 5.41) is 12.7. The summed E-state index contributed by atoms with van der Waals surface area (Å²) in [6, 6.07) is 73.0. The van der Waals surface area contributed by atoms with Crippen LogP contribution in [-0.2, 0) is 0 Å². The lowest BCUT2D eigenvalue weighted by Gasteiger charge is -2.29. The second kappa shape index (κ2) is 12.0. The molecule has 0 heterocycles. The zero-order valence-electron chi connectivity index (χ0n) is 28.0. The summed E-state index contributed by atoms with van der Waals surface area (Å²) in [6.07, 6.45) is 0. The second-order valence-electron chi connectivity index (χ2n) is 13.3. The van der Waals surface area contributed by atoms with Gasteiger partial charge in [0, 0.05) is 16.6 Å². The van der Waals surface area contributed by atoms with Gasteiger partial charge in [-0.05, 0) is 95.5 Å². The molecule has 10 aromatic carbocycles. The molecule has 0 bridgehead atoms. The molecule has 0 unspecified atom stereocenters. The van der Waals surface area contributed by atoms with Crippen molar-refractivity contribution in [2.45, 2.75) is 0 Å². The summed E-state index contributed by atoms with van der Waals surface area (Å²) in [5.41, 5.74) is 8.24. The lowest BCUT2D eigenvalue weighted by atomic mass is 9.90. The van der Waals surface area contributed by atoms with E-state index in [1.54, 1.807) is 0 Å². The quantitative estimate of drug-likeness (QED) is 0.168. The van der Waals surface area contributed by atoms with Crippen LogP contribution < -0.4 is 4.90 Å². The van der Waals surface area contributed by atoms with Gasteiger partial charge in [0.25, 0.3) is 0 Å². The Bertz CT molecular complexity index is 2900. The normalized spacial score (nSPS) is 11.5. The number of benzene rings is 10. The Morgan fingerprint density at radius 3 is 1.51 bits per heavy atom. The molecule has 0 aliphatic rings. The Hall–Kier alpha value is -6.70. The maximum atomic E-state index is 2.43. The minimum Gasteiger partial charge on any atom is -0.309 e. The first-order chi connectivity index (χ1) is 25.3. The van der Waals surface area contributed by atoms with Crippen LogP contribution in [0.2, 0.25) is 0 Å². The van der Waals surface area contributed by atoms with E-state index < -0.39 is 0 Å². The Labute approximate surface area is 297 Å². The third-order valence-corrected chi connectivity index (χ3v) is 10.4. The molecule has 0 aliphatic heterocycles. The van der Waals surface area contributed by atoms with E-state index >= 15 is 0 Å². The second-order valence-corrected chi connectivity index (χ2v) is 13.3. The van der Waals surface area contributed by atoms with Crippen molar-refractivity contribution in [2.24, 2.45) is 0 Å². The summed E-state index contributed by atoms with van der Waals surface area (Å²) < 4.78 is 0. The molecular weight excluding hydrogens is 615 g/mol.